The van der Waals surface area contributed by atoms with Gasteiger partial charge in [-0.2, -0.15) is 0 Å². The van der Waals surface area contributed by atoms with Crippen molar-refractivity contribution < 1.29 is 13.6 Å². The molecule has 0 saturated carbocycles. The van der Waals surface area contributed by atoms with E-state index in [9.17, 15) is 0 Å². The summed E-state index contributed by atoms with van der Waals surface area (Å²) in [5.74, 6) is 0. The molecule has 0 bridgehead atoms. The van der Waals surface area contributed by atoms with Crippen LogP contribution in [0.4, 0.5) is 0 Å². The predicted octanol–water partition coefficient (Wildman–Crippen LogP) is 8.06. The standard InChI is InChI=1S/C6H6Br2Cl9O3P/c7-21(8,18-1-4(9,10)11,19-2-5(12,13)14)20-3-6(15,16)17/h1-3H2. The number of halogens is 11. The summed E-state index contributed by atoms with van der Waals surface area (Å²) in [6.07, 6.45) is 0. The van der Waals surface area contributed by atoms with E-state index in [1.165, 1.54) is 0 Å². The van der Waals surface area contributed by atoms with Gasteiger partial charge in [0, 0.05) is 0 Å². The van der Waals surface area contributed by atoms with Gasteiger partial charge in [0.05, 0.1) is 0 Å². The van der Waals surface area contributed by atoms with Crippen LogP contribution in [0.3, 0.4) is 0 Å². The molecule has 21 heavy (non-hydrogen) atoms. The molecule has 15 heteroatoms. The van der Waals surface area contributed by atoms with Gasteiger partial charge in [0.25, 0.3) is 0 Å². The molecule has 0 saturated heterocycles. The topological polar surface area (TPSA) is 27.7 Å². The SMILES string of the molecule is ClC(Cl)(Cl)COP(Br)(Br)(OCC(Cl)(Cl)Cl)OCC(Cl)(Cl)Cl. The van der Waals surface area contributed by atoms with Gasteiger partial charge >= 0.3 is 185 Å². The molecule has 0 aliphatic carbocycles. The van der Waals surface area contributed by atoms with E-state index in [1.807, 2.05) is 0 Å². The Balaban J connectivity index is 5.03. The molecule has 0 amide bonds. The van der Waals surface area contributed by atoms with Gasteiger partial charge in [-0.25, -0.2) is 0 Å². The second-order valence-electron chi connectivity index (χ2n) is 3.37. The van der Waals surface area contributed by atoms with Crippen LogP contribution in [0.5, 0.6) is 0 Å². The number of hydrogen-bond donors (Lipinski definition) is 0. The Bertz CT molecular complexity index is 301. The maximum absolute atomic E-state index is 5.60. The summed E-state index contributed by atoms with van der Waals surface area (Å²) in [5, 5.41) is 0. The Kier molecular flexibility index (Phi) is 10.3. The van der Waals surface area contributed by atoms with E-state index in [1.54, 1.807) is 0 Å². The molecule has 0 aromatic heterocycles. The first-order chi connectivity index (χ1) is 8.90. The van der Waals surface area contributed by atoms with Crippen LogP contribution in [-0.2, 0) is 13.6 Å². The molecule has 0 unspecified atom stereocenters. The molecule has 0 spiro atoms. The normalized spacial score (nSPS) is 16.6. The minimum absolute atomic E-state index is 0.425. The van der Waals surface area contributed by atoms with E-state index in [0.717, 1.165) is 0 Å². The van der Waals surface area contributed by atoms with Gasteiger partial charge in [-0.1, -0.05) is 0 Å². The molecule has 130 valence electrons. The second-order valence-corrected chi connectivity index (χ2v) is 23.3. The van der Waals surface area contributed by atoms with Crippen molar-refractivity contribution in [3.63, 3.8) is 0 Å². The number of alkyl halides is 9. The number of rotatable bonds is 6. The van der Waals surface area contributed by atoms with Crippen LogP contribution in [0, 0.1) is 0 Å². The molecule has 0 aromatic rings. The van der Waals surface area contributed by atoms with E-state index < -0.39 is 35.9 Å². The van der Waals surface area contributed by atoms with E-state index >= 15 is 0 Å². The summed E-state index contributed by atoms with van der Waals surface area (Å²) in [7, 11) is 0. The van der Waals surface area contributed by atoms with Crippen LogP contribution < -0.4 is 0 Å². The van der Waals surface area contributed by atoms with E-state index in [2.05, 4.69) is 31.0 Å². The Hall–Kier alpha value is 3.88. The minimum atomic E-state index is -4.20. The van der Waals surface area contributed by atoms with Crippen LogP contribution in [0.2, 0.25) is 0 Å². The summed E-state index contributed by atoms with van der Waals surface area (Å²) in [4.78, 5) is 0. The fraction of sp³-hybridized carbons (Fsp3) is 1.00. The van der Waals surface area contributed by atoms with Crippen molar-refractivity contribution in [3.05, 3.63) is 0 Å². The Morgan fingerprint density at radius 3 is 0.905 bits per heavy atom. The molecule has 0 aliphatic heterocycles. The quantitative estimate of drug-likeness (QED) is 0.218. The van der Waals surface area contributed by atoms with Gasteiger partial charge in [0.2, 0.25) is 0 Å². The van der Waals surface area contributed by atoms with Gasteiger partial charge in [0.15, 0.2) is 0 Å². The molecular weight excluding hydrogens is 630 g/mol. The second kappa shape index (κ2) is 8.71. The fourth-order valence-electron chi connectivity index (χ4n) is 0.636. The summed E-state index contributed by atoms with van der Waals surface area (Å²) in [6.45, 7) is -1.27. The third-order valence-corrected chi connectivity index (χ3v) is 7.57. The first-order valence-electron chi connectivity index (χ1n) is 4.51. The predicted molar refractivity (Wildman–Crippen MR) is 103 cm³/mol. The number of hydrogen-bond acceptors (Lipinski definition) is 3. The van der Waals surface area contributed by atoms with Crippen LogP contribution in [-0.4, -0.2) is 31.2 Å². The first-order valence-corrected chi connectivity index (χ1v) is 13.9. The molecule has 3 nitrogen and oxygen atoms in total. The zero-order valence-electron chi connectivity index (χ0n) is 9.45. The van der Waals surface area contributed by atoms with Crippen molar-refractivity contribution >= 4 is 140 Å². The van der Waals surface area contributed by atoms with Crippen LogP contribution in [0.15, 0.2) is 0 Å². The Morgan fingerprint density at radius 1 is 0.571 bits per heavy atom. The van der Waals surface area contributed by atoms with E-state index in [4.69, 9.17) is 118 Å². The fourth-order valence-corrected chi connectivity index (χ4v) is 5.07. The van der Waals surface area contributed by atoms with E-state index in [-0.39, 0.29) is 0 Å². The van der Waals surface area contributed by atoms with Crippen molar-refractivity contribution in [1.82, 2.24) is 0 Å². The molecule has 0 N–H and O–H groups in total. The molecule has 0 rings (SSSR count). The Morgan fingerprint density at radius 2 is 0.762 bits per heavy atom. The van der Waals surface area contributed by atoms with Gasteiger partial charge < -0.3 is 0 Å². The van der Waals surface area contributed by atoms with Crippen molar-refractivity contribution in [3.8, 4) is 0 Å². The monoisotopic (exact) mass is 630 g/mol. The molecule has 0 radical (unpaired) electrons. The maximum atomic E-state index is 5.60. The van der Waals surface area contributed by atoms with Crippen LogP contribution >= 0.6 is 140 Å². The van der Waals surface area contributed by atoms with Crippen LogP contribution in [0.25, 0.3) is 0 Å². The molecule has 0 heterocycles. The molecule has 0 aliphatic rings. The Labute approximate surface area is 183 Å². The van der Waals surface area contributed by atoms with Crippen molar-refractivity contribution in [2.45, 2.75) is 11.4 Å². The summed E-state index contributed by atoms with van der Waals surface area (Å²) >= 11 is 56.6. The summed E-state index contributed by atoms with van der Waals surface area (Å²) in [5.41, 5.74) is 0. The van der Waals surface area contributed by atoms with Crippen molar-refractivity contribution in [2.24, 2.45) is 0 Å². The third-order valence-electron chi connectivity index (χ3n) is 1.29. The first kappa shape index (κ1) is 24.9. The van der Waals surface area contributed by atoms with Crippen molar-refractivity contribution in [2.75, 3.05) is 19.8 Å². The average molecular weight is 636 g/mol. The zero-order chi connectivity index (χ0) is 17.2. The van der Waals surface area contributed by atoms with Gasteiger partial charge in [-0.3, -0.25) is 0 Å². The summed E-state index contributed by atoms with van der Waals surface area (Å²) in [6, 6.07) is 0. The third kappa shape index (κ3) is 14.7. The van der Waals surface area contributed by atoms with Gasteiger partial charge in [-0.05, 0) is 0 Å². The molecular formula is C6H6Br2Cl9O3P. The summed E-state index contributed by atoms with van der Waals surface area (Å²) < 4.78 is 6.58. The average Bonchev–Trinajstić information content (AvgIpc) is 2.20. The molecule has 0 atom stereocenters. The van der Waals surface area contributed by atoms with Crippen molar-refractivity contribution in [1.29, 1.82) is 0 Å². The van der Waals surface area contributed by atoms with Crippen LogP contribution in [0.1, 0.15) is 0 Å². The van der Waals surface area contributed by atoms with Gasteiger partial charge in [-0.15, -0.1) is 0 Å². The zero-order valence-corrected chi connectivity index (χ0v) is 20.3. The molecule has 0 aromatic carbocycles. The van der Waals surface area contributed by atoms with Gasteiger partial charge in [0.1, 0.15) is 0 Å². The van der Waals surface area contributed by atoms with E-state index in [0.29, 0.717) is 0 Å². The molecule has 0 fully saturated rings.